The molecule has 1 heterocycles. The topological polar surface area (TPSA) is 103 Å². The largest absolute Gasteiger partial charge is 0.496 e. The van der Waals surface area contributed by atoms with Crippen molar-refractivity contribution in [2.75, 3.05) is 32.8 Å². The van der Waals surface area contributed by atoms with Crippen LogP contribution in [0.4, 0.5) is 10.1 Å². The minimum atomic E-state index is -3.87. The summed E-state index contributed by atoms with van der Waals surface area (Å²) in [5, 5.41) is 2.53. The van der Waals surface area contributed by atoms with Crippen molar-refractivity contribution in [3.63, 3.8) is 0 Å². The molecule has 1 saturated heterocycles. The van der Waals surface area contributed by atoms with E-state index < -0.39 is 21.7 Å². The third-order valence-electron chi connectivity index (χ3n) is 4.40. The van der Waals surface area contributed by atoms with Crippen LogP contribution in [0, 0.1) is 5.82 Å². The zero-order chi connectivity index (χ0) is 21.0. The van der Waals surface area contributed by atoms with E-state index in [2.05, 4.69) is 10.0 Å². The number of anilines is 1. The number of halogens is 1. The third kappa shape index (κ3) is 4.66. The van der Waals surface area contributed by atoms with Gasteiger partial charge in [0.1, 0.15) is 5.75 Å². The maximum Gasteiger partial charge on any atom is 0.259 e. The standard InChI is InChI=1S/C19H21FN2O6S/c1-26-17-7-6-13(29(24,25)22-12-8-9-28-11-12)10-14(17)19(23)21-16-5-3-4-15(20)18(16)27-2/h3-7,10,12,22H,8-9,11H2,1-2H3,(H,21,23)/t12-/m0/s1. The Morgan fingerprint density at radius 2 is 2.00 bits per heavy atom. The van der Waals surface area contributed by atoms with Crippen molar-refractivity contribution in [1.82, 2.24) is 4.72 Å². The van der Waals surface area contributed by atoms with E-state index >= 15 is 0 Å². The quantitative estimate of drug-likeness (QED) is 0.706. The number of sulfonamides is 1. The number of nitrogens with one attached hydrogen (secondary N) is 2. The van der Waals surface area contributed by atoms with E-state index in [4.69, 9.17) is 14.2 Å². The molecule has 0 bridgehead atoms. The molecule has 8 nitrogen and oxygen atoms in total. The fourth-order valence-electron chi connectivity index (χ4n) is 2.95. The van der Waals surface area contributed by atoms with Gasteiger partial charge in [-0.3, -0.25) is 4.79 Å². The van der Waals surface area contributed by atoms with Crippen molar-refractivity contribution in [1.29, 1.82) is 0 Å². The van der Waals surface area contributed by atoms with Crippen LogP contribution in [-0.4, -0.2) is 47.8 Å². The van der Waals surface area contributed by atoms with Crippen LogP contribution in [0.25, 0.3) is 0 Å². The van der Waals surface area contributed by atoms with Gasteiger partial charge in [-0.1, -0.05) is 6.07 Å². The average molecular weight is 424 g/mol. The molecule has 0 aliphatic carbocycles. The predicted molar refractivity (Wildman–Crippen MR) is 103 cm³/mol. The molecule has 1 amide bonds. The van der Waals surface area contributed by atoms with Crippen LogP contribution in [0.5, 0.6) is 11.5 Å². The van der Waals surface area contributed by atoms with E-state index in [9.17, 15) is 17.6 Å². The van der Waals surface area contributed by atoms with Gasteiger partial charge in [0.05, 0.1) is 37.0 Å². The predicted octanol–water partition coefficient (Wildman–Crippen LogP) is 2.16. The molecule has 10 heteroatoms. The smallest absolute Gasteiger partial charge is 0.259 e. The number of amides is 1. The first-order valence-corrected chi connectivity index (χ1v) is 10.3. The lowest BCUT2D eigenvalue weighted by molar-refractivity contribution is 0.102. The fraction of sp³-hybridized carbons (Fsp3) is 0.316. The Morgan fingerprint density at radius 1 is 1.21 bits per heavy atom. The molecule has 2 N–H and O–H groups in total. The van der Waals surface area contributed by atoms with Crippen molar-refractivity contribution in [2.45, 2.75) is 17.4 Å². The van der Waals surface area contributed by atoms with Crippen LogP contribution >= 0.6 is 0 Å². The van der Waals surface area contributed by atoms with Crippen LogP contribution in [0.15, 0.2) is 41.3 Å². The van der Waals surface area contributed by atoms with Gasteiger partial charge in [-0.15, -0.1) is 0 Å². The number of carbonyl (C=O) groups excluding carboxylic acids is 1. The van der Waals surface area contributed by atoms with Gasteiger partial charge in [-0.25, -0.2) is 17.5 Å². The monoisotopic (exact) mass is 424 g/mol. The first kappa shape index (κ1) is 21.0. The zero-order valence-electron chi connectivity index (χ0n) is 15.9. The lowest BCUT2D eigenvalue weighted by Gasteiger charge is -2.15. The maximum atomic E-state index is 13.9. The van der Waals surface area contributed by atoms with Crippen molar-refractivity contribution in [2.24, 2.45) is 0 Å². The Labute approximate surface area is 168 Å². The maximum absolute atomic E-state index is 13.9. The highest BCUT2D eigenvalue weighted by molar-refractivity contribution is 7.89. The number of rotatable bonds is 7. The summed E-state index contributed by atoms with van der Waals surface area (Å²) in [5.74, 6) is -1.28. The molecule has 0 radical (unpaired) electrons. The molecule has 0 unspecified atom stereocenters. The van der Waals surface area contributed by atoms with E-state index in [0.717, 1.165) is 0 Å². The van der Waals surface area contributed by atoms with Crippen LogP contribution in [0.2, 0.25) is 0 Å². The van der Waals surface area contributed by atoms with Gasteiger partial charge in [0.15, 0.2) is 11.6 Å². The molecule has 2 aromatic carbocycles. The minimum Gasteiger partial charge on any atom is -0.496 e. The summed E-state index contributed by atoms with van der Waals surface area (Å²) >= 11 is 0. The number of methoxy groups -OCH3 is 2. The molecule has 3 rings (SSSR count). The van der Waals surface area contributed by atoms with E-state index in [-0.39, 0.29) is 33.7 Å². The summed E-state index contributed by atoms with van der Waals surface area (Å²) in [6.45, 7) is 0.779. The summed E-state index contributed by atoms with van der Waals surface area (Å²) in [7, 11) is -1.23. The van der Waals surface area contributed by atoms with Crippen molar-refractivity contribution < 1.29 is 31.8 Å². The highest BCUT2D eigenvalue weighted by Crippen LogP contribution is 2.29. The number of hydrogen-bond donors (Lipinski definition) is 2. The molecule has 1 fully saturated rings. The highest BCUT2D eigenvalue weighted by Gasteiger charge is 2.25. The van der Waals surface area contributed by atoms with Crippen LogP contribution in [0.3, 0.4) is 0 Å². The molecule has 1 aliphatic heterocycles. The summed E-state index contributed by atoms with van der Waals surface area (Å²) < 4.78 is 57.1. The third-order valence-corrected chi connectivity index (χ3v) is 5.91. The van der Waals surface area contributed by atoms with Crippen LogP contribution in [-0.2, 0) is 14.8 Å². The normalized spacial score (nSPS) is 16.4. The lowest BCUT2D eigenvalue weighted by atomic mass is 10.1. The molecule has 0 saturated carbocycles. The number of para-hydroxylation sites is 1. The SMILES string of the molecule is COc1ccc(S(=O)(=O)N[C@H]2CCOC2)cc1C(=O)Nc1cccc(F)c1OC. The van der Waals surface area contributed by atoms with Crippen molar-refractivity contribution in [3.05, 3.63) is 47.8 Å². The van der Waals surface area contributed by atoms with Gasteiger partial charge in [-0.05, 0) is 36.8 Å². The Hall–Kier alpha value is -2.69. The van der Waals surface area contributed by atoms with Gasteiger partial charge >= 0.3 is 0 Å². The first-order chi connectivity index (χ1) is 13.9. The summed E-state index contributed by atoms with van der Waals surface area (Å²) in [6, 6.07) is 7.69. The van der Waals surface area contributed by atoms with Crippen LogP contribution in [0.1, 0.15) is 16.8 Å². The molecule has 0 spiro atoms. The van der Waals surface area contributed by atoms with Gasteiger partial charge < -0.3 is 19.5 Å². The molecule has 0 aromatic heterocycles. The van der Waals surface area contributed by atoms with Gasteiger partial charge in [0.25, 0.3) is 5.91 Å². The van der Waals surface area contributed by atoms with Gasteiger partial charge in [-0.2, -0.15) is 0 Å². The molecule has 1 aliphatic rings. The second kappa shape index (κ2) is 8.76. The molecule has 29 heavy (non-hydrogen) atoms. The molecule has 156 valence electrons. The number of ether oxygens (including phenoxy) is 3. The van der Waals surface area contributed by atoms with Crippen LogP contribution < -0.4 is 19.5 Å². The number of hydrogen-bond acceptors (Lipinski definition) is 6. The Bertz CT molecular complexity index is 1010. The number of carbonyl (C=O) groups is 1. The molecular formula is C19H21FN2O6S. The van der Waals surface area contributed by atoms with Crippen molar-refractivity contribution in [3.8, 4) is 11.5 Å². The van der Waals surface area contributed by atoms with E-state index in [1.165, 1.54) is 50.6 Å². The molecule has 1 atom stereocenters. The highest BCUT2D eigenvalue weighted by atomic mass is 32.2. The Kier molecular flexibility index (Phi) is 6.36. The second-order valence-corrected chi connectivity index (χ2v) is 8.03. The number of benzene rings is 2. The second-order valence-electron chi connectivity index (χ2n) is 6.32. The molecule has 2 aromatic rings. The summed E-state index contributed by atoms with van der Waals surface area (Å²) in [5.41, 5.74) is 0.0819. The zero-order valence-corrected chi connectivity index (χ0v) is 16.7. The Balaban J connectivity index is 1.91. The Morgan fingerprint density at radius 3 is 2.66 bits per heavy atom. The fourth-order valence-corrected chi connectivity index (χ4v) is 4.23. The lowest BCUT2D eigenvalue weighted by Crippen LogP contribution is -2.35. The van der Waals surface area contributed by atoms with E-state index in [0.29, 0.717) is 19.6 Å². The van der Waals surface area contributed by atoms with E-state index in [1.807, 2.05) is 0 Å². The molecular weight excluding hydrogens is 403 g/mol. The first-order valence-electron chi connectivity index (χ1n) is 8.77. The van der Waals surface area contributed by atoms with Gasteiger partial charge in [0, 0.05) is 12.6 Å². The van der Waals surface area contributed by atoms with Crippen molar-refractivity contribution >= 4 is 21.6 Å². The summed E-state index contributed by atoms with van der Waals surface area (Å²) in [4.78, 5) is 12.7. The minimum absolute atomic E-state index is 0.0237. The van der Waals surface area contributed by atoms with Gasteiger partial charge in [0.2, 0.25) is 10.0 Å². The average Bonchev–Trinajstić information content (AvgIpc) is 3.20. The summed E-state index contributed by atoms with van der Waals surface area (Å²) in [6.07, 6.45) is 0.572. The van der Waals surface area contributed by atoms with E-state index in [1.54, 1.807) is 0 Å².